The Morgan fingerprint density at radius 2 is 2.15 bits per heavy atom. The van der Waals surface area contributed by atoms with E-state index in [2.05, 4.69) is 26.2 Å². The monoisotopic (exact) mass is 335 g/mol. The number of nitrogens with zero attached hydrogens (tertiary/aromatic N) is 1. The average Bonchev–Trinajstić information content (AvgIpc) is 2.42. The van der Waals surface area contributed by atoms with Crippen molar-refractivity contribution in [3.8, 4) is 5.75 Å². The summed E-state index contributed by atoms with van der Waals surface area (Å²) in [4.78, 5) is 16.2. The van der Waals surface area contributed by atoms with Crippen LogP contribution in [0.25, 0.3) is 0 Å². The quantitative estimate of drug-likeness (QED) is 0.903. The summed E-state index contributed by atoms with van der Waals surface area (Å²) in [5.41, 5.74) is 7.66. The molecule has 2 aromatic rings. The van der Waals surface area contributed by atoms with E-state index in [1.54, 1.807) is 31.4 Å². The molecule has 0 unspecified atom stereocenters. The van der Waals surface area contributed by atoms with E-state index >= 15 is 0 Å². The second-order valence-corrected chi connectivity index (χ2v) is 5.08. The van der Waals surface area contributed by atoms with Gasteiger partial charge in [0.25, 0.3) is 5.91 Å². The smallest absolute Gasteiger partial charge is 0.256 e. The zero-order chi connectivity index (χ0) is 14.7. The molecule has 0 bridgehead atoms. The van der Waals surface area contributed by atoms with E-state index in [4.69, 9.17) is 10.5 Å². The van der Waals surface area contributed by atoms with Gasteiger partial charge in [0.2, 0.25) is 0 Å². The highest BCUT2D eigenvalue weighted by atomic mass is 79.9. The van der Waals surface area contributed by atoms with Gasteiger partial charge in [-0.3, -0.25) is 4.79 Å². The van der Waals surface area contributed by atoms with Crippen LogP contribution in [0.1, 0.15) is 15.9 Å². The Labute approximate surface area is 125 Å². The van der Waals surface area contributed by atoms with Crippen molar-refractivity contribution in [3.05, 3.63) is 46.1 Å². The molecule has 0 fully saturated rings. The zero-order valence-electron chi connectivity index (χ0n) is 11.1. The minimum atomic E-state index is -0.245. The Bertz CT molecular complexity index is 659. The molecule has 0 saturated carbocycles. The minimum absolute atomic E-state index is 0.245. The van der Waals surface area contributed by atoms with Gasteiger partial charge in [-0.15, -0.1) is 0 Å². The predicted molar refractivity (Wildman–Crippen MR) is 82.0 cm³/mol. The van der Waals surface area contributed by atoms with Crippen LogP contribution in [0.3, 0.4) is 0 Å². The van der Waals surface area contributed by atoms with Crippen LogP contribution < -0.4 is 15.8 Å². The molecular formula is C14H14BrN3O2. The first-order valence-corrected chi connectivity index (χ1v) is 6.67. The predicted octanol–water partition coefficient (Wildman–Crippen LogP) is 3.00. The summed E-state index contributed by atoms with van der Waals surface area (Å²) in [6.07, 6.45) is 1.52. The molecular weight excluding hydrogens is 322 g/mol. The van der Waals surface area contributed by atoms with Crippen LogP contribution in [0.2, 0.25) is 0 Å². The lowest BCUT2D eigenvalue weighted by Gasteiger charge is -2.08. The van der Waals surface area contributed by atoms with Gasteiger partial charge in [-0.25, -0.2) is 4.98 Å². The molecule has 0 saturated heterocycles. The zero-order valence-corrected chi connectivity index (χ0v) is 12.7. The Balaban J connectivity index is 2.19. The largest absolute Gasteiger partial charge is 0.496 e. The molecule has 3 N–H and O–H groups in total. The number of nitrogens with one attached hydrogen (secondary N) is 1. The van der Waals surface area contributed by atoms with E-state index in [9.17, 15) is 4.79 Å². The highest BCUT2D eigenvalue weighted by Gasteiger charge is 2.10. The molecule has 1 aromatic carbocycles. The summed E-state index contributed by atoms with van der Waals surface area (Å²) >= 11 is 3.35. The van der Waals surface area contributed by atoms with Crippen molar-refractivity contribution in [3.63, 3.8) is 0 Å². The fourth-order valence-corrected chi connectivity index (χ4v) is 2.17. The number of aromatic nitrogens is 1. The van der Waals surface area contributed by atoms with E-state index in [0.717, 1.165) is 5.56 Å². The fourth-order valence-electron chi connectivity index (χ4n) is 1.63. The maximum absolute atomic E-state index is 12.1. The van der Waals surface area contributed by atoms with Crippen molar-refractivity contribution >= 4 is 33.3 Å². The molecule has 104 valence electrons. The molecule has 6 heteroatoms. The molecule has 1 heterocycles. The first-order valence-electron chi connectivity index (χ1n) is 5.88. The van der Waals surface area contributed by atoms with Crippen LogP contribution >= 0.6 is 15.9 Å². The maximum atomic E-state index is 12.1. The highest BCUT2D eigenvalue weighted by molar-refractivity contribution is 9.10. The molecule has 0 aliphatic heterocycles. The molecule has 20 heavy (non-hydrogen) atoms. The van der Waals surface area contributed by atoms with Gasteiger partial charge in [0, 0.05) is 5.56 Å². The van der Waals surface area contributed by atoms with Crippen molar-refractivity contribution in [2.75, 3.05) is 18.2 Å². The molecule has 2 rings (SSSR count). The molecule has 0 radical (unpaired) electrons. The van der Waals surface area contributed by atoms with Gasteiger partial charge in [0.05, 0.1) is 23.5 Å². The van der Waals surface area contributed by atoms with Crippen LogP contribution in [0.5, 0.6) is 5.75 Å². The molecule has 0 spiro atoms. The van der Waals surface area contributed by atoms with E-state index in [0.29, 0.717) is 27.3 Å². The molecule has 5 nitrogen and oxygen atoms in total. The number of nitrogens with two attached hydrogens (primary N) is 1. The van der Waals surface area contributed by atoms with Crippen molar-refractivity contribution in [2.24, 2.45) is 0 Å². The molecule has 0 aliphatic carbocycles. The van der Waals surface area contributed by atoms with Gasteiger partial charge in [-0.2, -0.15) is 0 Å². The van der Waals surface area contributed by atoms with Gasteiger partial charge >= 0.3 is 0 Å². The number of ether oxygens (including phenoxy) is 1. The number of halogens is 1. The van der Waals surface area contributed by atoms with Gasteiger partial charge in [0.15, 0.2) is 0 Å². The van der Waals surface area contributed by atoms with Gasteiger partial charge in [0.1, 0.15) is 11.6 Å². The number of aryl methyl sites for hydroxylation is 1. The number of amides is 1. The third kappa shape index (κ3) is 3.08. The van der Waals surface area contributed by atoms with E-state index in [1.165, 1.54) is 6.20 Å². The number of pyridine rings is 1. The van der Waals surface area contributed by atoms with E-state index in [-0.39, 0.29) is 5.91 Å². The second kappa shape index (κ2) is 5.92. The third-order valence-corrected chi connectivity index (χ3v) is 3.43. The third-order valence-electron chi connectivity index (χ3n) is 2.81. The number of methoxy groups -OCH3 is 1. The second-order valence-electron chi connectivity index (χ2n) is 4.23. The summed E-state index contributed by atoms with van der Waals surface area (Å²) < 4.78 is 5.84. The first-order chi connectivity index (χ1) is 9.51. The number of benzene rings is 1. The highest BCUT2D eigenvalue weighted by Crippen LogP contribution is 2.25. The summed E-state index contributed by atoms with van der Waals surface area (Å²) in [6.45, 7) is 1.86. The topological polar surface area (TPSA) is 77.2 Å². The van der Waals surface area contributed by atoms with Crippen LogP contribution in [0, 0.1) is 6.92 Å². The summed E-state index contributed by atoms with van der Waals surface area (Å²) in [5.74, 6) is 0.890. The Morgan fingerprint density at radius 1 is 1.40 bits per heavy atom. The van der Waals surface area contributed by atoms with Gasteiger partial charge < -0.3 is 15.8 Å². The van der Waals surface area contributed by atoms with E-state index in [1.807, 2.05) is 6.92 Å². The van der Waals surface area contributed by atoms with Crippen LogP contribution in [0.15, 0.2) is 34.9 Å². The number of carbonyl (C=O) groups excluding carboxylic acids is 1. The lowest BCUT2D eigenvalue weighted by molar-refractivity contribution is 0.102. The first kappa shape index (κ1) is 14.3. The fraction of sp³-hybridized carbons (Fsp3) is 0.143. The number of anilines is 2. The summed E-state index contributed by atoms with van der Waals surface area (Å²) in [5, 5.41) is 2.72. The number of hydrogen-bond donors (Lipinski definition) is 2. The number of rotatable bonds is 3. The van der Waals surface area contributed by atoms with Crippen molar-refractivity contribution < 1.29 is 9.53 Å². The maximum Gasteiger partial charge on any atom is 0.256 e. The van der Waals surface area contributed by atoms with Crippen molar-refractivity contribution in [2.45, 2.75) is 6.92 Å². The minimum Gasteiger partial charge on any atom is -0.496 e. The van der Waals surface area contributed by atoms with Crippen LogP contribution in [-0.2, 0) is 0 Å². The molecule has 1 amide bonds. The Hall–Kier alpha value is -2.08. The van der Waals surface area contributed by atoms with E-state index < -0.39 is 0 Å². The normalized spacial score (nSPS) is 10.2. The van der Waals surface area contributed by atoms with Crippen molar-refractivity contribution in [1.82, 2.24) is 4.98 Å². The Kier molecular flexibility index (Phi) is 4.24. The number of hydrogen-bond acceptors (Lipinski definition) is 4. The lowest BCUT2D eigenvalue weighted by Crippen LogP contribution is -2.13. The summed E-state index contributed by atoms with van der Waals surface area (Å²) in [7, 11) is 1.57. The molecule has 0 atom stereocenters. The standard InChI is InChI=1S/C14H14BrN3O2/c1-8-5-13(17-7-11(8)16)18-14(19)9-3-4-12(20-2)10(15)6-9/h3-7H,16H2,1-2H3,(H,17,18,19). The average molecular weight is 336 g/mol. The lowest BCUT2D eigenvalue weighted by atomic mass is 10.2. The number of carbonyl (C=O) groups is 1. The van der Waals surface area contributed by atoms with Crippen molar-refractivity contribution in [1.29, 1.82) is 0 Å². The Morgan fingerprint density at radius 3 is 2.75 bits per heavy atom. The summed E-state index contributed by atoms with van der Waals surface area (Å²) in [6, 6.07) is 6.83. The molecule has 1 aromatic heterocycles. The van der Waals surface area contributed by atoms with Crippen LogP contribution in [0.4, 0.5) is 11.5 Å². The van der Waals surface area contributed by atoms with Crippen LogP contribution in [-0.4, -0.2) is 18.0 Å². The number of nitrogen functional groups attached to an aromatic ring is 1. The molecule has 0 aliphatic rings. The SMILES string of the molecule is COc1ccc(C(=O)Nc2cc(C)c(N)cn2)cc1Br. The van der Waals surface area contributed by atoms with Gasteiger partial charge in [-0.05, 0) is 52.7 Å². The van der Waals surface area contributed by atoms with Gasteiger partial charge in [-0.1, -0.05) is 0 Å².